The molecule has 2 amide bonds. The van der Waals surface area contributed by atoms with Gasteiger partial charge in [-0.1, -0.05) is 25.8 Å². The Morgan fingerprint density at radius 2 is 1.73 bits per heavy atom. The molecule has 37 heavy (non-hydrogen) atoms. The Kier molecular flexibility index (Phi) is 16.6. The molecule has 0 aliphatic carbocycles. The van der Waals surface area contributed by atoms with Crippen molar-refractivity contribution in [1.82, 2.24) is 10.6 Å². The number of ether oxygens (including phenoxy) is 1. The number of hydrogen-bond donors (Lipinski definition) is 5. The molecule has 0 aromatic heterocycles. The number of Topliss-reactive ketones (excluding diaryl/α,β-unsaturated/α-hetero) is 1. The van der Waals surface area contributed by atoms with Gasteiger partial charge in [0.1, 0.15) is 11.6 Å². The molecule has 1 rings (SSSR count). The SMILES string of the molecule is COCCCNC(=O)C(CCCCNC(=O)c1ccc(B(O)O)cc1F)CCC(=O)C(C)CCCCN. The predicted octanol–water partition coefficient (Wildman–Crippen LogP) is 1.29. The molecular formula is C26H43BFN3O6. The lowest BCUT2D eigenvalue weighted by Gasteiger charge is -2.18. The summed E-state index contributed by atoms with van der Waals surface area (Å²) in [5.41, 5.74) is 5.30. The lowest BCUT2D eigenvalue weighted by atomic mass is 9.80. The molecule has 1 aromatic carbocycles. The Morgan fingerprint density at radius 3 is 2.38 bits per heavy atom. The van der Waals surface area contributed by atoms with Crippen LogP contribution >= 0.6 is 0 Å². The fraction of sp³-hybridized carbons (Fsp3) is 0.654. The summed E-state index contributed by atoms with van der Waals surface area (Å²) in [6.45, 7) is 3.88. The van der Waals surface area contributed by atoms with E-state index in [1.165, 1.54) is 12.1 Å². The third kappa shape index (κ3) is 13.1. The van der Waals surface area contributed by atoms with Crippen LogP contribution < -0.4 is 21.8 Å². The zero-order valence-corrected chi connectivity index (χ0v) is 22.1. The average molecular weight is 523 g/mol. The minimum absolute atomic E-state index is 0.0379. The normalized spacial score (nSPS) is 12.6. The van der Waals surface area contributed by atoms with E-state index in [4.69, 9.17) is 20.5 Å². The Balaban J connectivity index is 2.54. The molecule has 2 atom stereocenters. The van der Waals surface area contributed by atoms with Crippen molar-refractivity contribution < 1.29 is 33.6 Å². The van der Waals surface area contributed by atoms with Crippen molar-refractivity contribution >= 4 is 30.2 Å². The number of halogens is 1. The van der Waals surface area contributed by atoms with Gasteiger partial charge in [0, 0.05) is 45.1 Å². The van der Waals surface area contributed by atoms with Gasteiger partial charge < -0.3 is 31.2 Å². The van der Waals surface area contributed by atoms with Gasteiger partial charge in [0.15, 0.2) is 0 Å². The molecule has 0 aliphatic rings. The van der Waals surface area contributed by atoms with E-state index in [1.807, 2.05) is 6.92 Å². The number of nitrogens with one attached hydrogen (secondary N) is 2. The van der Waals surface area contributed by atoms with Crippen LogP contribution in [0.5, 0.6) is 0 Å². The molecule has 0 heterocycles. The summed E-state index contributed by atoms with van der Waals surface area (Å²) in [5, 5.41) is 23.8. The van der Waals surface area contributed by atoms with Gasteiger partial charge in [-0.05, 0) is 62.7 Å². The molecular weight excluding hydrogens is 480 g/mol. The average Bonchev–Trinajstić information content (AvgIpc) is 2.87. The second-order valence-corrected chi connectivity index (χ2v) is 9.39. The van der Waals surface area contributed by atoms with Gasteiger partial charge in [0.05, 0.1) is 5.56 Å². The first-order chi connectivity index (χ1) is 17.7. The maximum atomic E-state index is 14.1. The zero-order chi connectivity index (χ0) is 27.6. The van der Waals surface area contributed by atoms with Gasteiger partial charge in [-0.15, -0.1) is 0 Å². The molecule has 0 fully saturated rings. The minimum atomic E-state index is -1.81. The second-order valence-electron chi connectivity index (χ2n) is 9.39. The molecule has 1 aromatic rings. The van der Waals surface area contributed by atoms with Crippen molar-refractivity contribution in [3.63, 3.8) is 0 Å². The van der Waals surface area contributed by atoms with Crippen LogP contribution in [0.2, 0.25) is 0 Å². The number of carbonyl (C=O) groups excluding carboxylic acids is 3. The Bertz CT molecular complexity index is 843. The number of amides is 2. The van der Waals surface area contributed by atoms with Crippen LogP contribution in [-0.4, -0.2) is 68.1 Å². The summed E-state index contributed by atoms with van der Waals surface area (Å²) in [5.74, 6) is -1.73. The Morgan fingerprint density at radius 1 is 1.03 bits per heavy atom. The van der Waals surface area contributed by atoms with Crippen molar-refractivity contribution in [2.75, 3.05) is 33.4 Å². The highest BCUT2D eigenvalue weighted by Crippen LogP contribution is 2.19. The van der Waals surface area contributed by atoms with Gasteiger partial charge in [-0.2, -0.15) is 0 Å². The fourth-order valence-electron chi connectivity index (χ4n) is 3.99. The van der Waals surface area contributed by atoms with Crippen molar-refractivity contribution in [2.24, 2.45) is 17.6 Å². The third-order valence-corrected chi connectivity index (χ3v) is 6.38. The van der Waals surface area contributed by atoms with E-state index in [9.17, 15) is 18.8 Å². The van der Waals surface area contributed by atoms with E-state index in [0.717, 1.165) is 25.3 Å². The van der Waals surface area contributed by atoms with E-state index in [-0.39, 0.29) is 34.6 Å². The van der Waals surface area contributed by atoms with E-state index in [0.29, 0.717) is 64.8 Å². The summed E-state index contributed by atoms with van der Waals surface area (Å²) in [6.07, 6.45) is 5.91. The Labute approximate surface area is 219 Å². The maximum Gasteiger partial charge on any atom is 0.488 e. The highest BCUT2D eigenvalue weighted by Gasteiger charge is 2.21. The maximum absolute atomic E-state index is 14.1. The highest BCUT2D eigenvalue weighted by atomic mass is 19.1. The van der Waals surface area contributed by atoms with Crippen LogP contribution in [0.1, 0.15) is 75.1 Å². The molecule has 0 saturated carbocycles. The van der Waals surface area contributed by atoms with Gasteiger partial charge >= 0.3 is 7.12 Å². The van der Waals surface area contributed by atoms with Crippen LogP contribution in [0.4, 0.5) is 4.39 Å². The summed E-state index contributed by atoms with van der Waals surface area (Å²) in [4.78, 5) is 37.6. The number of rotatable bonds is 20. The molecule has 0 saturated heterocycles. The van der Waals surface area contributed by atoms with Crippen LogP contribution in [0.15, 0.2) is 18.2 Å². The van der Waals surface area contributed by atoms with Crippen LogP contribution in [0.25, 0.3) is 0 Å². The van der Waals surface area contributed by atoms with Gasteiger partial charge in [0.2, 0.25) is 5.91 Å². The zero-order valence-electron chi connectivity index (χ0n) is 22.1. The van der Waals surface area contributed by atoms with Crippen LogP contribution in [-0.2, 0) is 14.3 Å². The van der Waals surface area contributed by atoms with Crippen molar-refractivity contribution in [3.05, 3.63) is 29.6 Å². The molecule has 9 nitrogen and oxygen atoms in total. The second kappa shape index (κ2) is 18.8. The first-order valence-corrected chi connectivity index (χ1v) is 13.1. The molecule has 208 valence electrons. The largest absolute Gasteiger partial charge is 0.488 e. The minimum Gasteiger partial charge on any atom is -0.423 e. The first kappa shape index (κ1) is 32.7. The van der Waals surface area contributed by atoms with Crippen molar-refractivity contribution in [1.29, 1.82) is 0 Å². The molecule has 0 bridgehead atoms. The molecule has 0 aliphatic heterocycles. The number of carbonyl (C=O) groups is 3. The standard InChI is InChI=1S/C26H43BFN3O6/c1-19(8-3-5-14-29)24(32)13-10-20(25(33)30-16-7-17-37-2)9-4-6-15-31-26(34)22-12-11-21(27(35)36)18-23(22)28/h11-12,18-20,35-36H,3-10,13-17,29H2,1-2H3,(H,30,33)(H,31,34). The molecule has 0 radical (unpaired) electrons. The first-order valence-electron chi connectivity index (χ1n) is 13.1. The lowest BCUT2D eigenvalue weighted by molar-refractivity contribution is -0.126. The molecule has 0 spiro atoms. The summed E-state index contributed by atoms with van der Waals surface area (Å²) < 4.78 is 19.1. The van der Waals surface area contributed by atoms with Gasteiger partial charge in [0.25, 0.3) is 5.91 Å². The number of ketones is 1. The van der Waals surface area contributed by atoms with Crippen LogP contribution in [0, 0.1) is 17.7 Å². The van der Waals surface area contributed by atoms with E-state index < -0.39 is 18.8 Å². The lowest BCUT2D eigenvalue weighted by Crippen LogP contribution is -2.33. The molecule has 6 N–H and O–H groups in total. The predicted molar refractivity (Wildman–Crippen MR) is 142 cm³/mol. The molecule has 2 unspecified atom stereocenters. The van der Waals surface area contributed by atoms with Crippen molar-refractivity contribution in [3.8, 4) is 0 Å². The summed E-state index contributed by atoms with van der Waals surface area (Å²) >= 11 is 0. The fourth-order valence-corrected chi connectivity index (χ4v) is 3.99. The number of benzene rings is 1. The number of hydrogen-bond acceptors (Lipinski definition) is 7. The smallest absolute Gasteiger partial charge is 0.423 e. The summed E-state index contributed by atoms with van der Waals surface area (Å²) in [7, 11) is -0.210. The van der Waals surface area contributed by atoms with E-state index >= 15 is 0 Å². The topological polar surface area (TPSA) is 151 Å². The summed E-state index contributed by atoms with van der Waals surface area (Å²) in [6, 6.07) is 3.39. The number of unbranched alkanes of at least 4 members (excludes halogenated alkanes) is 2. The van der Waals surface area contributed by atoms with E-state index in [2.05, 4.69) is 10.6 Å². The van der Waals surface area contributed by atoms with Gasteiger partial charge in [-0.3, -0.25) is 14.4 Å². The van der Waals surface area contributed by atoms with Gasteiger partial charge in [-0.25, -0.2) is 4.39 Å². The quantitative estimate of drug-likeness (QED) is 0.128. The monoisotopic (exact) mass is 523 g/mol. The van der Waals surface area contributed by atoms with E-state index in [1.54, 1.807) is 7.11 Å². The molecule has 11 heteroatoms. The third-order valence-electron chi connectivity index (χ3n) is 6.38. The highest BCUT2D eigenvalue weighted by molar-refractivity contribution is 6.58. The van der Waals surface area contributed by atoms with Crippen LogP contribution in [0.3, 0.4) is 0 Å². The Hall–Kier alpha value is -2.34. The number of methoxy groups -OCH3 is 1. The number of nitrogens with two attached hydrogens (primary N) is 1. The van der Waals surface area contributed by atoms with Crippen molar-refractivity contribution in [2.45, 2.75) is 64.7 Å².